The Labute approximate surface area is 92.2 Å². The summed E-state index contributed by atoms with van der Waals surface area (Å²) in [7, 11) is 0. The SMILES string of the molecule is CC(=O)Oc1ccc(C#N)c(OC(C)=O)c1. The lowest BCUT2D eigenvalue weighted by Gasteiger charge is -2.06. The maximum Gasteiger partial charge on any atom is 0.308 e. The van der Waals surface area contributed by atoms with Crippen LogP contribution in [-0.2, 0) is 9.59 Å². The lowest BCUT2D eigenvalue weighted by atomic mass is 10.2. The van der Waals surface area contributed by atoms with E-state index in [-0.39, 0.29) is 17.1 Å². The normalized spacial score (nSPS) is 9.06. The quantitative estimate of drug-likeness (QED) is 0.555. The molecule has 0 unspecified atom stereocenters. The zero-order valence-electron chi connectivity index (χ0n) is 8.81. The van der Waals surface area contributed by atoms with Gasteiger partial charge in [-0.1, -0.05) is 0 Å². The van der Waals surface area contributed by atoms with Gasteiger partial charge in [0.15, 0.2) is 5.75 Å². The van der Waals surface area contributed by atoms with Crippen LogP contribution in [0.25, 0.3) is 0 Å². The van der Waals surface area contributed by atoms with Crippen LogP contribution in [0, 0.1) is 11.3 Å². The second-order valence-electron chi connectivity index (χ2n) is 2.96. The Morgan fingerprint density at radius 2 is 1.81 bits per heavy atom. The summed E-state index contributed by atoms with van der Waals surface area (Å²) in [5, 5.41) is 8.76. The number of carbonyl (C=O) groups excluding carboxylic acids is 2. The van der Waals surface area contributed by atoms with E-state index in [4.69, 9.17) is 14.7 Å². The summed E-state index contributed by atoms with van der Waals surface area (Å²) in [6, 6.07) is 6.05. The minimum Gasteiger partial charge on any atom is -0.427 e. The van der Waals surface area contributed by atoms with Crippen molar-refractivity contribution in [3.8, 4) is 17.6 Å². The molecule has 0 amide bonds. The Morgan fingerprint density at radius 3 is 2.31 bits per heavy atom. The van der Waals surface area contributed by atoms with Gasteiger partial charge in [-0.25, -0.2) is 0 Å². The van der Waals surface area contributed by atoms with Gasteiger partial charge in [0.05, 0.1) is 5.56 Å². The maximum atomic E-state index is 10.8. The fourth-order valence-corrected chi connectivity index (χ4v) is 1.06. The van der Waals surface area contributed by atoms with Crippen molar-refractivity contribution in [1.82, 2.24) is 0 Å². The van der Waals surface area contributed by atoms with E-state index >= 15 is 0 Å². The van der Waals surface area contributed by atoms with Crippen LogP contribution in [0.5, 0.6) is 11.5 Å². The van der Waals surface area contributed by atoms with E-state index in [1.165, 1.54) is 32.0 Å². The molecule has 0 aliphatic rings. The predicted molar refractivity (Wildman–Crippen MR) is 53.8 cm³/mol. The van der Waals surface area contributed by atoms with Gasteiger partial charge in [-0.05, 0) is 12.1 Å². The third kappa shape index (κ3) is 3.10. The number of rotatable bonds is 2. The van der Waals surface area contributed by atoms with E-state index in [1.54, 1.807) is 0 Å². The van der Waals surface area contributed by atoms with Gasteiger partial charge in [0.25, 0.3) is 0 Å². The van der Waals surface area contributed by atoms with Crippen molar-refractivity contribution >= 4 is 11.9 Å². The van der Waals surface area contributed by atoms with Crippen molar-refractivity contribution in [2.45, 2.75) is 13.8 Å². The van der Waals surface area contributed by atoms with Gasteiger partial charge in [0.2, 0.25) is 0 Å². The van der Waals surface area contributed by atoms with E-state index < -0.39 is 11.9 Å². The molecule has 0 aromatic heterocycles. The monoisotopic (exact) mass is 219 g/mol. The lowest BCUT2D eigenvalue weighted by molar-refractivity contribution is -0.132. The number of benzene rings is 1. The molecule has 0 aliphatic heterocycles. The summed E-state index contributed by atoms with van der Waals surface area (Å²) in [4.78, 5) is 21.5. The van der Waals surface area contributed by atoms with Crippen LogP contribution in [0.15, 0.2) is 18.2 Å². The molecule has 0 saturated heterocycles. The van der Waals surface area contributed by atoms with Crippen LogP contribution < -0.4 is 9.47 Å². The number of hydrogen-bond donors (Lipinski definition) is 0. The van der Waals surface area contributed by atoms with Crippen molar-refractivity contribution < 1.29 is 19.1 Å². The highest BCUT2D eigenvalue weighted by Gasteiger charge is 2.08. The fraction of sp³-hybridized carbons (Fsp3) is 0.182. The van der Waals surface area contributed by atoms with Crippen molar-refractivity contribution in [3.05, 3.63) is 23.8 Å². The number of esters is 2. The molecule has 5 heteroatoms. The van der Waals surface area contributed by atoms with E-state index in [0.717, 1.165) is 0 Å². The summed E-state index contributed by atoms with van der Waals surface area (Å²) in [5.74, 6) is -0.730. The lowest BCUT2D eigenvalue weighted by Crippen LogP contribution is -2.05. The largest absolute Gasteiger partial charge is 0.427 e. The van der Waals surface area contributed by atoms with Gasteiger partial charge in [-0.2, -0.15) is 5.26 Å². The summed E-state index contributed by atoms with van der Waals surface area (Å²) >= 11 is 0. The molecule has 1 aromatic carbocycles. The zero-order chi connectivity index (χ0) is 12.1. The minimum absolute atomic E-state index is 0.0775. The first-order chi connectivity index (χ1) is 7.52. The Bertz CT molecular complexity index is 473. The van der Waals surface area contributed by atoms with Crippen LogP contribution in [0.3, 0.4) is 0 Å². The van der Waals surface area contributed by atoms with E-state index in [2.05, 4.69) is 0 Å². The van der Waals surface area contributed by atoms with Crippen molar-refractivity contribution in [2.24, 2.45) is 0 Å². The molecule has 0 atom stereocenters. The summed E-state index contributed by atoms with van der Waals surface area (Å²) in [5.41, 5.74) is 0.200. The number of carbonyl (C=O) groups is 2. The Kier molecular flexibility index (Phi) is 3.62. The third-order valence-corrected chi connectivity index (χ3v) is 1.59. The van der Waals surface area contributed by atoms with Gasteiger partial charge < -0.3 is 9.47 Å². The smallest absolute Gasteiger partial charge is 0.308 e. The molecule has 5 nitrogen and oxygen atoms in total. The first-order valence-electron chi connectivity index (χ1n) is 4.44. The van der Waals surface area contributed by atoms with Crippen LogP contribution in [-0.4, -0.2) is 11.9 Å². The van der Waals surface area contributed by atoms with Crippen molar-refractivity contribution in [1.29, 1.82) is 5.26 Å². The Hall–Kier alpha value is -2.35. The van der Waals surface area contributed by atoms with Crippen LogP contribution in [0.1, 0.15) is 19.4 Å². The Balaban J connectivity index is 3.06. The summed E-state index contributed by atoms with van der Waals surface area (Å²) in [6.07, 6.45) is 0. The molecule has 1 rings (SSSR count). The number of nitriles is 1. The maximum absolute atomic E-state index is 10.8. The predicted octanol–water partition coefficient (Wildman–Crippen LogP) is 1.41. The van der Waals surface area contributed by atoms with Crippen LogP contribution >= 0.6 is 0 Å². The van der Waals surface area contributed by atoms with Gasteiger partial charge in [0, 0.05) is 19.9 Å². The molecule has 82 valence electrons. The summed E-state index contributed by atoms with van der Waals surface area (Å²) in [6.45, 7) is 2.48. The van der Waals surface area contributed by atoms with E-state index in [9.17, 15) is 9.59 Å². The van der Waals surface area contributed by atoms with Crippen molar-refractivity contribution in [2.75, 3.05) is 0 Å². The van der Waals surface area contributed by atoms with Gasteiger partial charge in [-0.3, -0.25) is 9.59 Å². The number of hydrogen-bond acceptors (Lipinski definition) is 5. The molecular weight excluding hydrogens is 210 g/mol. The minimum atomic E-state index is -0.545. The molecular formula is C11H9NO4. The van der Waals surface area contributed by atoms with E-state index in [0.29, 0.717) is 0 Å². The summed E-state index contributed by atoms with van der Waals surface area (Å²) < 4.78 is 9.60. The first kappa shape index (κ1) is 11.7. The highest BCUT2D eigenvalue weighted by molar-refractivity contribution is 5.72. The van der Waals surface area contributed by atoms with Gasteiger partial charge in [0.1, 0.15) is 11.8 Å². The highest BCUT2D eigenvalue weighted by atomic mass is 16.5. The van der Waals surface area contributed by atoms with E-state index in [1.807, 2.05) is 6.07 Å². The average molecular weight is 219 g/mol. The van der Waals surface area contributed by atoms with Crippen molar-refractivity contribution in [3.63, 3.8) is 0 Å². The molecule has 0 bridgehead atoms. The standard InChI is InChI=1S/C11H9NO4/c1-7(13)15-10-4-3-9(6-12)11(5-10)16-8(2)14/h3-5H,1-2H3. The van der Waals surface area contributed by atoms with Crippen LogP contribution in [0.2, 0.25) is 0 Å². The number of ether oxygens (including phenoxy) is 2. The third-order valence-electron chi connectivity index (χ3n) is 1.59. The Morgan fingerprint density at radius 1 is 1.19 bits per heavy atom. The van der Waals surface area contributed by atoms with Crippen LogP contribution in [0.4, 0.5) is 0 Å². The zero-order valence-corrected chi connectivity index (χ0v) is 8.81. The molecule has 1 aromatic rings. The van der Waals surface area contributed by atoms with Gasteiger partial charge >= 0.3 is 11.9 Å². The fourth-order valence-electron chi connectivity index (χ4n) is 1.06. The highest BCUT2D eigenvalue weighted by Crippen LogP contribution is 2.24. The second-order valence-corrected chi connectivity index (χ2v) is 2.96. The topological polar surface area (TPSA) is 76.4 Å². The first-order valence-corrected chi connectivity index (χ1v) is 4.44. The molecule has 0 radical (unpaired) electrons. The molecule has 0 N–H and O–H groups in total. The molecule has 0 aliphatic carbocycles. The average Bonchev–Trinajstić information content (AvgIpc) is 2.16. The molecule has 16 heavy (non-hydrogen) atoms. The molecule has 0 heterocycles. The molecule has 0 spiro atoms. The second kappa shape index (κ2) is 4.94. The van der Waals surface area contributed by atoms with Gasteiger partial charge in [-0.15, -0.1) is 0 Å². The molecule has 0 saturated carbocycles. The number of nitrogens with zero attached hydrogens (tertiary/aromatic N) is 1. The molecule has 0 fully saturated rings.